The lowest BCUT2D eigenvalue weighted by Gasteiger charge is -2.45. The van der Waals surface area contributed by atoms with Gasteiger partial charge in [0.2, 0.25) is 11.9 Å². The zero-order valence-electron chi connectivity index (χ0n) is 14.8. The number of anilines is 1. The molecule has 0 unspecified atom stereocenters. The number of nitrogens with zero attached hydrogens (tertiary/aromatic N) is 3. The summed E-state index contributed by atoms with van der Waals surface area (Å²) in [5.74, 6) is 0.592. The van der Waals surface area contributed by atoms with Gasteiger partial charge in [0.15, 0.2) is 11.6 Å². The maximum atomic E-state index is 14.5. The van der Waals surface area contributed by atoms with E-state index in [9.17, 15) is 4.39 Å². The van der Waals surface area contributed by atoms with Crippen LogP contribution in [-0.4, -0.2) is 24.2 Å². The first-order valence-corrected chi connectivity index (χ1v) is 8.83. The van der Waals surface area contributed by atoms with Crippen LogP contribution in [0.1, 0.15) is 46.0 Å². The molecule has 7 heteroatoms. The molecule has 0 amide bonds. The number of rotatable bonds is 4. The lowest BCUT2D eigenvalue weighted by molar-refractivity contribution is 0.259. The molecule has 136 valence electrons. The number of hydrogen-bond donors (Lipinski definition) is 2. The Hall–Kier alpha value is -2.31. The van der Waals surface area contributed by atoms with Gasteiger partial charge in [-0.3, -0.25) is 4.90 Å². The molecule has 1 saturated carbocycles. The smallest absolute Gasteiger partial charge is 0.220 e. The molecule has 4 N–H and O–H groups in total. The van der Waals surface area contributed by atoms with Crippen molar-refractivity contribution in [1.82, 2.24) is 0 Å². The van der Waals surface area contributed by atoms with Crippen LogP contribution in [0, 0.1) is 11.7 Å². The molecule has 25 heavy (non-hydrogen) atoms. The van der Waals surface area contributed by atoms with Gasteiger partial charge in [-0.1, -0.05) is 20.3 Å². The van der Waals surface area contributed by atoms with Gasteiger partial charge in [0.05, 0.1) is 6.61 Å². The maximum Gasteiger partial charge on any atom is 0.220 e. The molecular weight excluding hydrogens is 321 g/mol. The quantitative estimate of drug-likeness (QED) is 0.876. The number of halogens is 1. The van der Waals surface area contributed by atoms with Gasteiger partial charge in [-0.05, 0) is 43.7 Å². The van der Waals surface area contributed by atoms with Gasteiger partial charge >= 0.3 is 0 Å². The summed E-state index contributed by atoms with van der Waals surface area (Å²) in [6, 6.07) is 4.87. The normalized spacial score (nSPS) is 19.8. The Labute approximate surface area is 147 Å². The Morgan fingerprint density at radius 3 is 2.60 bits per heavy atom. The van der Waals surface area contributed by atoms with E-state index in [-0.39, 0.29) is 17.7 Å². The number of hydrogen-bond acceptors (Lipinski definition) is 6. The summed E-state index contributed by atoms with van der Waals surface area (Å²) in [4.78, 5) is 10.5. The van der Waals surface area contributed by atoms with Crippen LogP contribution in [-0.2, 0) is 0 Å². The molecule has 0 saturated heterocycles. The van der Waals surface area contributed by atoms with Crippen LogP contribution in [0.5, 0.6) is 5.75 Å². The third-order valence-corrected chi connectivity index (χ3v) is 4.60. The molecule has 1 aromatic carbocycles. The highest BCUT2D eigenvalue weighted by atomic mass is 19.1. The first-order valence-electron chi connectivity index (χ1n) is 8.83. The zero-order chi connectivity index (χ0) is 18.0. The molecule has 1 aromatic rings. The van der Waals surface area contributed by atoms with Crippen LogP contribution < -0.4 is 21.1 Å². The van der Waals surface area contributed by atoms with Gasteiger partial charge in [-0.25, -0.2) is 9.38 Å². The fourth-order valence-electron chi connectivity index (χ4n) is 3.50. The van der Waals surface area contributed by atoms with Crippen LogP contribution in [0.3, 0.4) is 0 Å². The molecule has 6 nitrogen and oxygen atoms in total. The zero-order valence-corrected chi connectivity index (χ0v) is 14.8. The Kier molecular flexibility index (Phi) is 4.83. The highest BCUT2D eigenvalue weighted by Gasteiger charge is 2.42. The van der Waals surface area contributed by atoms with Crippen molar-refractivity contribution in [2.75, 3.05) is 11.5 Å². The molecule has 0 radical (unpaired) electrons. The molecule has 0 aromatic heterocycles. The van der Waals surface area contributed by atoms with Crippen LogP contribution in [0.25, 0.3) is 0 Å². The van der Waals surface area contributed by atoms with Crippen molar-refractivity contribution in [2.45, 2.75) is 51.6 Å². The highest BCUT2D eigenvalue weighted by molar-refractivity contribution is 6.05. The molecular formula is C18H26FN5O. The predicted molar refractivity (Wildman–Crippen MR) is 98.3 cm³/mol. The van der Waals surface area contributed by atoms with Gasteiger partial charge in [-0.15, -0.1) is 0 Å². The van der Waals surface area contributed by atoms with E-state index in [1.54, 1.807) is 12.1 Å². The first kappa shape index (κ1) is 17.5. The van der Waals surface area contributed by atoms with Crippen LogP contribution in [0.4, 0.5) is 10.1 Å². The Morgan fingerprint density at radius 1 is 1.24 bits per heavy atom. The van der Waals surface area contributed by atoms with Gasteiger partial charge in [-0.2, -0.15) is 4.99 Å². The van der Waals surface area contributed by atoms with E-state index in [4.69, 9.17) is 16.2 Å². The molecule has 3 rings (SSSR count). The topological polar surface area (TPSA) is 89.2 Å². The van der Waals surface area contributed by atoms with Crippen molar-refractivity contribution in [1.29, 1.82) is 0 Å². The lowest BCUT2D eigenvalue weighted by atomic mass is 9.87. The predicted octanol–water partition coefficient (Wildman–Crippen LogP) is 2.97. The van der Waals surface area contributed by atoms with Crippen molar-refractivity contribution in [3.63, 3.8) is 0 Å². The summed E-state index contributed by atoms with van der Waals surface area (Å²) in [5, 5.41) is 0. The van der Waals surface area contributed by atoms with E-state index in [0.717, 1.165) is 32.1 Å². The number of aliphatic imine (C=N–C) groups is 2. The Bertz CT molecular complexity index is 695. The van der Waals surface area contributed by atoms with Crippen LogP contribution in [0.15, 0.2) is 28.2 Å². The minimum absolute atomic E-state index is 0.188. The number of nitrogens with two attached hydrogens (primary N) is 2. The number of benzene rings is 1. The molecule has 1 heterocycles. The number of guanidine groups is 2. The average molecular weight is 347 g/mol. The second-order valence-electron chi connectivity index (χ2n) is 7.14. The summed E-state index contributed by atoms with van der Waals surface area (Å²) in [6.07, 6.45) is 4.84. The van der Waals surface area contributed by atoms with Crippen molar-refractivity contribution in [3.05, 3.63) is 24.0 Å². The molecule has 1 fully saturated rings. The standard InChI is InChI=1S/C18H26FN5O/c1-12(2)11-25-15-7-6-13(10-14(15)19)24-17(21)22-16(20)23-18(24)8-4-3-5-9-18/h6-7,10,12H,3-5,8-9,11H2,1-2H3,(H4,20,21,22,23). The molecule has 1 spiro atoms. The third kappa shape index (κ3) is 3.55. The third-order valence-electron chi connectivity index (χ3n) is 4.60. The first-order chi connectivity index (χ1) is 11.9. The largest absolute Gasteiger partial charge is 0.490 e. The van der Waals surface area contributed by atoms with E-state index in [2.05, 4.69) is 9.98 Å². The van der Waals surface area contributed by atoms with Crippen LogP contribution >= 0.6 is 0 Å². The fourth-order valence-corrected chi connectivity index (χ4v) is 3.50. The van der Waals surface area contributed by atoms with E-state index < -0.39 is 11.5 Å². The summed E-state index contributed by atoms with van der Waals surface area (Å²) in [7, 11) is 0. The minimum atomic E-state index is -0.569. The fraction of sp³-hybridized carbons (Fsp3) is 0.556. The number of ether oxygens (including phenoxy) is 1. The molecule has 0 atom stereocenters. The molecule has 2 aliphatic rings. The maximum absolute atomic E-state index is 14.5. The Morgan fingerprint density at radius 2 is 1.96 bits per heavy atom. The van der Waals surface area contributed by atoms with E-state index >= 15 is 0 Å². The summed E-state index contributed by atoms with van der Waals surface area (Å²) < 4.78 is 20.0. The Balaban J connectivity index is 1.93. The SMILES string of the molecule is CC(C)COc1ccc(N2C(N)=NC(N)=NC23CCCCC3)cc1F. The summed E-state index contributed by atoms with van der Waals surface area (Å²) >= 11 is 0. The second-order valence-corrected chi connectivity index (χ2v) is 7.14. The van der Waals surface area contributed by atoms with Crippen molar-refractivity contribution >= 4 is 17.6 Å². The molecule has 0 bridgehead atoms. The van der Waals surface area contributed by atoms with E-state index in [0.29, 0.717) is 18.2 Å². The van der Waals surface area contributed by atoms with Crippen molar-refractivity contribution in [3.8, 4) is 5.75 Å². The van der Waals surface area contributed by atoms with Gasteiger partial charge < -0.3 is 16.2 Å². The van der Waals surface area contributed by atoms with Crippen molar-refractivity contribution in [2.24, 2.45) is 27.4 Å². The van der Waals surface area contributed by atoms with Crippen LogP contribution in [0.2, 0.25) is 0 Å². The van der Waals surface area contributed by atoms with Gasteiger partial charge in [0, 0.05) is 11.8 Å². The lowest BCUT2D eigenvalue weighted by Crippen LogP contribution is -2.58. The van der Waals surface area contributed by atoms with Gasteiger partial charge in [0.25, 0.3) is 0 Å². The van der Waals surface area contributed by atoms with E-state index in [1.165, 1.54) is 6.07 Å². The minimum Gasteiger partial charge on any atom is -0.490 e. The summed E-state index contributed by atoms with van der Waals surface area (Å²) in [6.45, 7) is 4.51. The van der Waals surface area contributed by atoms with Crippen molar-refractivity contribution < 1.29 is 9.13 Å². The molecule has 1 aliphatic carbocycles. The average Bonchev–Trinajstić information content (AvgIpc) is 2.53. The van der Waals surface area contributed by atoms with E-state index in [1.807, 2.05) is 18.7 Å². The highest BCUT2D eigenvalue weighted by Crippen LogP contribution is 2.40. The molecule has 1 aliphatic heterocycles. The second kappa shape index (κ2) is 6.90. The van der Waals surface area contributed by atoms with Gasteiger partial charge in [0.1, 0.15) is 5.66 Å². The monoisotopic (exact) mass is 347 g/mol. The summed E-state index contributed by atoms with van der Waals surface area (Å²) in [5.41, 5.74) is 12.1.